The van der Waals surface area contributed by atoms with Crippen molar-refractivity contribution in [3.8, 4) is 5.75 Å². The zero-order valence-electron chi connectivity index (χ0n) is 9.10. The normalized spacial score (nSPS) is 11.0. The number of aromatic hydroxyl groups is 1. The first-order chi connectivity index (χ1) is 7.11. The maximum Gasteiger partial charge on any atom is 0.157 e. The van der Waals surface area contributed by atoms with Crippen LogP contribution in [0.15, 0.2) is 23.1 Å². The number of hydrogen-bond acceptors (Lipinski definition) is 5. The van der Waals surface area contributed by atoms with Gasteiger partial charge in [-0.05, 0) is 25.1 Å². The molecule has 1 N–H and O–H groups in total. The highest BCUT2D eigenvalue weighted by Crippen LogP contribution is 2.19. The fourth-order valence-electron chi connectivity index (χ4n) is 1.09. The highest BCUT2D eigenvalue weighted by atomic mass is 35.7. The third kappa shape index (κ3) is 7.75. The lowest BCUT2D eigenvalue weighted by atomic mass is 10.2. The maximum atomic E-state index is 9.12. The molecule has 0 unspecified atom stereocenters. The summed E-state index contributed by atoms with van der Waals surface area (Å²) in [4.78, 5) is 1.34. The van der Waals surface area contributed by atoms with E-state index in [1.54, 1.807) is 6.07 Å². The maximum absolute atomic E-state index is 9.12. The van der Waals surface area contributed by atoms with Crippen LogP contribution in [-0.4, -0.2) is 17.6 Å². The number of benzene rings is 1. The molecule has 0 aliphatic rings. The van der Waals surface area contributed by atoms with Crippen LogP contribution in [0.2, 0.25) is 0 Å². The highest BCUT2D eigenvalue weighted by Gasteiger charge is 2.11. The molecule has 0 amide bonds. The third-order valence-electron chi connectivity index (χ3n) is 1.60. The second-order valence-electron chi connectivity index (χ2n) is 3.14. The summed E-state index contributed by atoms with van der Waals surface area (Å²) in [7, 11) is -4.65. The van der Waals surface area contributed by atoms with Crippen molar-refractivity contribution in [3.63, 3.8) is 0 Å². The molecule has 7 heteroatoms. The molecule has 0 aliphatic heterocycles. The van der Waals surface area contributed by atoms with Gasteiger partial charge in [0.2, 0.25) is 0 Å². The van der Waals surface area contributed by atoms with Crippen molar-refractivity contribution in [2.45, 2.75) is 11.8 Å². The van der Waals surface area contributed by atoms with Crippen LogP contribution >= 0.6 is 0 Å². The van der Waals surface area contributed by atoms with Gasteiger partial charge in [0.1, 0.15) is 18.3 Å². The average Bonchev–Trinajstić information content (AvgIpc) is 1.99. The summed E-state index contributed by atoms with van der Waals surface area (Å²) in [6.45, 7) is 2.03. The molecule has 1 aromatic rings. The minimum atomic E-state index is -4.94. The quantitative estimate of drug-likeness (QED) is 0.552. The van der Waals surface area contributed by atoms with Crippen LogP contribution in [0, 0.1) is 17.2 Å². The van der Waals surface area contributed by atoms with Gasteiger partial charge in [-0.25, -0.2) is 18.6 Å². The van der Waals surface area contributed by atoms with Crippen molar-refractivity contribution in [1.82, 2.24) is 0 Å². The van der Waals surface area contributed by atoms with E-state index in [0.717, 1.165) is 0 Å². The number of aryl methyl sites for hydroxylation is 1. The predicted octanol–water partition coefficient (Wildman–Crippen LogP) is -2.82. The fourth-order valence-corrected chi connectivity index (χ4v) is 2.13. The zero-order valence-corrected chi connectivity index (χ0v) is 10.7. The summed E-state index contributed by atoms with van der Waals surface area (Å²) in [5.74, 6) is 0.358. The molecular weight excluding hydrogens is 256 g/mol. The Balaban J connectivity index is 0.000000385. The first-order valence-corrected chi connectivity index (χ1v) is 7.38. The summed E-state index contributed by atoms with van der Waals surface area (Å²) < 4.78 is 34.0. The monoisotopic (exact) mass is 268 g/mol. The highest BCUT2D eigenvalue weighted by molar-refractivity contribution is 7.95. The number of rotatable bonds is 1. The van der Waals surface area contributed by atoms with E-state index in [9.17, 15) is 0 Å². The Hall–Kier alpha value is -0.500. The lowest BCUT2D eigenvalue weighted by molar-refractivity contribution is -2.00. The zero-order chi connectivity index (χ0) is 12.9. The standard InChI is InChI=1S/C9H12OS.ClHO4/c1-7-6-8(10)4-5-9(7)11(2)3;2-1(3,4)5/h4-6H,1-3H3;(H,2,3,4,5). The number of phenols is 1. The molecule has 0 saturated heterocycles. The van der Waals surface area contributed by atoms with E-state index >= 15 is 0 Å². The van der Waals surface area contributed by atoms with Crippen LogP contribution < -0.4 is 18.6 Å². The molecule has 0 atom stereocenters. The summed E-state index contributed by atoms with van der Waals surface area (Å²) in [6.07, 6.45) is 4.36. The topological polar surface area (TPSA) is 112 Å². The van der Waals surface area contributed by atoms with Crippen LogP contribution in [0.1, 0.15) is 5.56 Å². The molecule has 1 rings (SSSR count). The number of phenolic OH excluding ortho intramolecular Hbond substituents is 1. The van der Waals surface area contributed by atoms with E-state index in [0.29, 0.717) is 16.6 Å². The van der Waals surface area contributed by atoms with Gasteiger partial charge in [-0.3, -0.25) is 0 Å². The van der Waals surface area contributed by atoms with Gasteiger partial charge in [0.15, 0.2) is 4.90 Å². The molecule has 5 nitrogen and oxygen atoms in total. The van der Waals surface area contributed by atoms with Gasteiger partial charge in [0, 0.05) is 16.5 Å². The molecule has 0 fully saturated rings. The lowest BCUT2D eigenvalue weighted by Crippen LogP contribution is -2.68. The minimum Gasteiger partial charge on any atom is -0.508 e. The molecule has 0 heterocycles. The van der Waals surface area contributed by atoms with Gasteiger partial charge < -0.3 is 5.11 Å². The Morgan fingerprint density at radius 3 is 1.88 bits per heavy atom. The molecule has 0 aromatic heterocycles. The first-order valence-electron chi connectivity index (χ1n) is 4.10. The van der Waals surface area contributed by atoms with Gasteiger partial charge in [-0.15, -0.1) is 10.2 Å². The predicted molar refractivity (Wildman–Crippen MR) is 50.3 cm³/mol. The van der Waals surface area contributed by atoms with E-state index < -0.39 is 10.2 Å². The third-order valence-corrected chi connectivity index (χ3v) is 2.94. The van der Waals surface area contributed by atoms with Gasteiger partial charge in [-0.2, -0.15) is 0 Å². The van der Waals surface area contributed by atoms with E-state index in [1.165, 1.54) is 10.5 Å². The molecule has 0 aliphatic carbocycles. The Morgan fingerprint density at radius 1 is 1.12 bits per heavy atom. The van der Waals surface area contributed by atoms with E-state index in [-0.39, 0.29) is 0 Å². The average molecular weight is 269 g/mol. The van der Waals surface area contributed by atoms with Gasteiger partial charge in [0.25, 0.3) is 0 Å². The van der Waals surface area contributed by atoms with Gasteiger partial charge >= 0.3 is 0 Å². The fraction of sp³-hybridized carbons (Fsp3) is 0.333. The molecule has 0 radical (unpaired) electrons. The van der Waals surface area contributed by atoms with E-state index in [1.807, 2.05) is 19.1 Å². The van der Waals surface area contributed by atoms with Crippen molar-refractivity contribution in [3.05, 3.63) is 23.8 Å². The van der Waals surface area contributed by atoms with Gasteiger partial charge in [0.05, 0.1) is 0 Å². The Labute approximate surface area is 99.1 Å². The van der Waals surface area contributed by atoms with E-state index in [2.05, 4.69) is 12.5 Å². The van der Waals surface area contributed by atoms with Crippen LogP contribution in [0.5, 0.6) is 5.75 Å². The Bertz CT molecular complexity index is 331. The van der Waals surface area contributed by atoms with Crippen LogP contribution in [-0.2, 0) is 10.9 Å². The summed E-state index contributed by atoms with van der Waals surface area (Å²) >= 11 is 0. The van der Waals surface area contributed by atoms with Crippen molar-refractivity contribution >= 4 is 10.9 Å². The number of hydrogen-bond donors (Lipinski definition) is 1. The first kappa shape index (κ1) is 15.5. The largest absolute Gasteiger partial charge is 0.508 e. The molecule has 0 spiro atoms. The molecule has 92 valence electrons. The summed E-state index contributed by atoms with van der Waals surface area (Å²) in [6, 6.07) is 5.55. The van der Waals surface area contributed by atoms with Crippen molar-refractivity contribution in [1.29, 1.82) is 0 Å². The molecule has 0 bridgehead atoms. The van der Waals surface area contributed by atoms with Crippen LogP contribution in [0.3, 0.4) is 0 Å². The van der Waals surface area contributed by atoms with E-state index in [4.69, 9.17) is 23.7 Å². The second-order valence-corrected chi connectivity index (χ2v) is 5.97. The smallest absolute Gasteiger partial charge is 0.157 e. The van der Waals surface area contributed by atoms with Gasteiger partial charge in [-0.1, -0.05) is 0 Å². The Kier molecular flexibility index (Phi) is 6.09. The van der Waals surface area contributed by atoms with Crippen molar-refractivity contribution in [2.75, 3.05) is 12.5 Å². The van der Waals surface area contributed by atoms with Crippen LogP contribution in [0.25, 0.3) is 0 Å². The summed E-state index contributed by atoms with van der Waals surface area (Å²) in [5, 5.41) is 9.12. The second kappa shape index (κ2) is 6.29. The number of halogens is 1. The van der Waals surface area contributed by atoms with Crippen molar-refractivity contribution < 1.29 is 34.0 Å². The molecule has 1 aromatic carbocycles. The summed E-state index contributed by atoms with van der Waals surface area (Å²) in [5.41, 5.74) is 1.18. The van der Waals surface area contributed by atoms with Crippen LogP contribution in [0.4, 0.5) is 0 Å². The lowest BCUT2D eigenvalue weighted by Gasteiger charge is -2.17. The Morgan fingerprint density at radius 2 is 1.56 bits per heavy atom. The minimum absolute atomic E-state index is 0.290. The molecule has 16 heavy (non-hydrogen) atoms. The SMILES string of the molecule is Cc1cc(O)ccc1[S+](C)C.[O-][Cl+3]([O-])([O-])[O-]. The van der Waals surface area contributed by atoms with Crippen molar-refractivity contribution in [2.24, 2.45) is 0 Å². The molecular formula is C9H13ClO5S. The molecule has 0 saturated carbocycles.